The molecule has 4 aromatic rings. The number of hydrogen-bond donors (Lipinski definition) is 2. The van der Waals surface area contributed by atoms with Gasteiger partial charge in [0.2, 0.25) is 10.9 Å². The van der Waals surface area contributed by atoms with Crippen molar-refractivity contribution >= 4 is 21.9 Å². The predicted octanol–water partition coefficient (Wildman–Crippen LogP) is 3.09. The van der Waals surface area contributed by atoms with Crippen LogP contribution in [0, 0.1) is 0 Å². The molecule has 0 bridgehead atoms. The minimum absolute atomic E-state index is 0.159. The largest absolute Gasteiger partial charge is 0.480 e. The number of hydrogen-bond acceptors (Lipinski definition) is 7. The molecule has 0 spiro atoms. The lowest BCUT2D eigenvalue weighted by Crippen LogP contribution is -2.24. The van der Waals surface area contributed by atoms with Crippen molar-refractivity contribution in [2.24, 2.45) is 0 Å². The van der Waals surface area contributed by atoms with Gasteiger partial charge in [-0.15, -0.1) is 0 Å². The highest BCUT2D eigenvalue weighted by Gasteiger charge is 2.31. The normalized spacial score (nSPS) is 11.5. The van der Waals surface area contributed by atoms with Gasteiger partial charge >= 0.3 is 0 Å². The molecule has 4 rings (SSSR count). The average Bonchev–Trinajstić information content (AvgIpc) is 2.68. The summed E-state index contributed by atoms with van der Waals surface area (Å²) in [5.74, 6) is -2.37. The van der Waals surface area contributed by atoms with E-state index in [1.165, 1.54) is 7.11 Å². The molecule has 0 atom stereocenters. The maximum Gasteiger partial charge on any atom is 0.290 e. The predicted molar refractivity (Wildman–Crippen MR) is 102 cm³/mol. The number of aromatic hydroxyl groups is 2. The number of rotatable bonds is 4. The van der Waals surface area contributed by atoms with Crippen molar-refractivity contribution in [3.05, 3.63) is 80.1 Å². The molecule has 142 valence electrons. The Kier molecular flexibility index (Phi) is 4.37. The van der Waals surface area contributed by atoms with Crippen molar-refractivity contribution in [1.82, 2.24) is 0 Å². The van der Waals surface area contributed by atoms with Crippen LogP contribution >= 0.6 is 0 Å². The van der Waals surface area contributed by atoms with Gasteiger partial charge in [0.25, 0.3) is 11.9 Å². The first-order valence-corrected chi connectivity index (χ1v) is 8.51. The zero-order valence-electron chi connectivity index (χ0n) is 14.8. The van der Waals surface area contributed by atoms with E-state index < -0.39 is 28.7 Å². The van der Waals surface area contributed by atoms with Crippen LogP contribution in [0.25, 0.3) is 21.9 Å². The van der Waals surface area contributed by atoms with Gasteiger partial charge in [-0.2, -0.15) is 0 Å². The van der Waals surface area contributed by atoms with Gasteiger partial charge in [0.05, 0.1) is 34.4 Å². The summed E-state index contributed by atoms with van der Waals surface area (Å²) in [6.45, 7) is -0.159. The Morgan fingerprint density at radius 1 is 0.821 bits per heavy atom. The minimum Gasteiger partial charge on any atom is -0.480 e. The molecule has 2 aromatic heterocycles. The fraction of sp³-hybridized carbons (Fsp3) is 0.143. The van der Waals surface area contributed by atoms with Gasteiger partial charge in [-0.1, -0.05) is 24.3 Å². The van der Waals surface area contributed by atoms with E-state index in [1.54, 1.807) is 48.5 Å². The Bertz CT molecular complexity index is 1200. The number of ether oxygens (including phenoxy) is 1. The van der Waals surface area contributed by atoms with Crippen molar-refractivity contribution in [1.29, 1.82) is 0 Å². The van der Waals surface area contributed by atoms with Crippen LogP contribution in [0.2, 0.25) is 0 Å². The molecule has 7 heteroatoms. The Labute approximate surface area is 158 Å². The fourth-order valence-electron chi connectivity index (χ4n) is 3.38. The molecule has 0 fully saturated rings. The highest BCUT2D eigenvalue weighted by atomic mass is 16.5. The Hall–Kier alpha value is -3.58. The molecule has 2 N–H and O–H groups in total. The molecule has 0 amide bonds. The third-order valence-corrected chi connectivity index (χ3v) is 4.66. The topological polar surface area (TPSA) is 110 Å². The van der Waals surface area contributed by atoms with E-state index in [9.17, 15) is 19.8 Å². The smallest absolute Gasteiger partial charge is 0.290 e. The molecule has 2 aromatic carbocycles. The summed E-state index contributed by atoms with van der Waals surface area (Å²) in [5, 5.41) is 21.3. The van der Waals surface area contributed by atoms with Crippen LogP contribution in [-0.4, -0.2) is 23.9 Å². The summed E-state index contributed by atoms with van der Waals surface area (Å²) in [4.78, 5) is 26.1. The molecule has 7 nitrogen and oxygen atoms in total. The van der Waals surface area contributed by atoms with E-state index in [2.05, 4.69) is 0 Å². The Morgan fingerprint density at radius 2 is 1.25 bits per heavy atom. The van der Waals surface area contributed by atoms with Gasteiger partial charge in [-0.25, -0.2) is 0 Å². The number of fused-ring (bicyclic) bond motifs is 2. The SMILES string of the molecule is COCC(c1c(O)oc2ccccc2c1=O)c1c(O)oc2ccccc2c1=O. The van der Waals surface area contributed by atoms with Crippen LogP contribution in [0.1, 0.15) is 17.0 Å². The summed E-state index contributed by atoms with van der Waals surface area (Å²) in [7, 11) is 1.38. The van der Waals surface area contributed by atoms with Crippen molar-refractivity contribution in [2.45, 2.75) is 5.92 Å². The highest BCUT2D eigenvalue weighted by molar-refractivity contribution is 5.79. The molecule has 28 heavy (non-hydrogen) atoms. The molecule has 0 saturated carbocycles. The molecule has 0 aliphatic rings. The second-order valence-corrected chi connectivity index (χ2v) is 6.30. The minimum atomic E-state index is -1.09. The van der Waals surface area contributed by atoms with Gasteiger partial charge in [0.1, 0.15) is 11.2 Å². The average molecular weight is 380 g/mol. The summed E-state index contributed by atoms with van der Waals surface area (Å²) < 4.78 is 15.9. The van der Waals surface area contributed by atoms with Crippen molar-refractivity contribution < 1.29 is 23.8 Å². The lowest BCUT2D eigenvalue weighted by Gasteiger charge is -2.17. The lowest BCUT2D eigenvalue weighted by atomic mass is 9.91. The van der Waals surface area contributed by atoms with Crippen LogP contribution < -0.4 is 10.9 Å². The first kappa shape index (κ1) is 17.8. The standard InChI is InChI=1S/C21H16O7/c1-26-10-13(16-18(22)11-6-2-4-8-14(11)27-20(16)24)17-19(23)12-7-3-5-9-15(12)28-21(17)25/h2-9,13,24-25H,10H2,1H3. The molecule has 2 heterocycles. The second kappa shape index (κ2) is 6.86. The molecular formula is C21H16O7. The number of methoxy groups -OCH3 is 1. The molecule has 0 unspecified atom stereocenters. The van der Waals surface area contributed by atoms with E-state index in [-0.39, 0.29) is 39.7 Å². The monoisotopic (exact) mass is 380 g/mol. The molecule has 0 aliphatic carbocycles. The van der Waals surface area contributed by atoms with Crippen LogP contribution in [0.5, 0.6) is 11.9 Å². The van der Waals surface area contributed by atoms with Crippen LogP contribution in [0.3, 0.4) is 0 Å². The van der Waals surface area contributed by atoms with Gasteiger partial charge < -0.3 is 23.8 Å². The zero-order valence-corrected chi connectivity index (χ0v) is 14.8. The summed E-state index contributed by atoms with van der Waals surface area (Å²) >= 11 is 0. The van der Waals surface area contributed by atoms with E-state index in [0.29, 0.717) is 0 Å². The van der Waals surface area contributed by atoms with E-state index in [1.807, 2.05) is 0 Å². The number of benzene rings is 2. The van der Waals surface area contributed by atoms with E-state index in [4.69, 9.17) is 13.6 Å². The summed E-state index contributed by atoms with van der Waals surface area (Å²) in [6.07, 6.45) is 0. The van der Waals surface area contributed by atoms with Crippen molar-refractivity contribution in [3.8, 4) is 11.9 Å². The van der Waals surface area contributed by atoms with Gasteiger partial charge in [-0.05, 0) is 24.3 Å². The van der Waals surface area contributed by atoms with Crippen molar-refractivity contribution in [3.63, 3.8) is 0 Å². The zero-order chi connectivity index (χ0) is 19.8. The van der Waals surface area contributed by atoms with Gasteiger partial charge in [0.15, 0.2) is 0 Å². The van der Waals surface area contributed by atoms with Crippen LogP contribution in [-0.2, 0) is 4.74 Å². The fourth-order valence-corrected chi connectivity index (χ4v) is 3.38. The lowest BCUT2D eigenvalue weighted by molar-refractivity contribution is 0.182. The third-order valence-electron chi connectivity index (χ3n) is 4.66. The molecule has 0 saturated heterocycles. The second-order valence-electron chi connectivity index (χ2n) is 6.30. The maximum atomic E-state index is 13.0. The van der Waals surface area contributed by atoms with Crippen molar-refractivity contribution in [2.75, 3.05) is 13.7 Å². The first-order chi connectivity index (χ1) is 13.5. The highest BCUT2D eigenvalue weighted by Crippen LogP contribution is 2.35. The quantitative estimate of drug-likeness (QED) is 0.560. The van der Waals surface area contributed by atoms with Crippen LogP contribution in [0.15, 0.2) is 67.0 Å². The summed E-state index contributed by atoms with van der Waals surface area (Å²) in [5.41, 5.74) is -0.988. The molecule has 0 aliphatic heterocycles. The van der Waals surface area contributed by atoms with Gasteiger partial charge in [-0.3, -0.25) is 9.59 Å². The Balaban J connectivity index is 2.05. The van der Waals surface area contributed by atoms with Gasteiger partial charge in [0, 0.05) is 7.11 Å². The third kappa shape index (κ3) is 2.73. The van der Waals surface area contributed by atoms with Crippen LogP contribution in [0.4, 0.5) is 0 Å². The maximum absolute atomic E-state index is 13.0. The van der Waals surface area contributed by atoms with E-state index >= 15 is 0 Å². The summed E-state index contributed by atoms with van der Waals surface area (Å²) in [6, 6.07) is 12.9. The first-order valence-electron chi connectivity index (χ1n) is 8.51. The van der Waals surface area contributed by atoms with E-state index in [0.717, 1.165) is 0 Å². The Morgan fingerprint density at radius 3 is 1.68 bits per heavy atom. The molecule has 0 radical (unpaired) electrons. The molecular weight excluding hydrogens is 364 g/mol. The number of para-hydroxylation sites is 2.